The van der Waals surface area contributed by atoms with Crippen LogP contribution < -0.4 is 10.7 Å². The number of carbonyl (C=O) groups is 2. The molecule has 6 nitrogen and oxygen atoms in total. The van der Waals surface area contributed by atoms with E-state index in [-0.39, 0.29) is 12.0 Å². The summed E-state index contributed by atoms with van der Waals surface area (Å²) < 4.78 is 10.7. The van der Waals surface area contributed by atoms with Crippen molar-refractivity contribution in [2.75, 3.05) is 11.9 Å². The van der Waals surface area contributed by atoms with Crippen molar-refractivity contribution in [3.63, 3.8) is 0 Å². The van der Waals surface area contributed by atoms with E-state index in [2.05, 4.69) is 10.1 Å². The molecule has 3 aromatic rings. The second kappa shape index (κ2) is 8.57. The average Bonchev–Trinajstić information content (AvgIpc) is 3.14. The first-order valence-corrected chi connectivity index (χ1v) is 10.4. The second-order valence-electron chi connectivity index (χ2n) is 6.93. The highest BCUT2D eigenvalue weighted by molar-refractivity contribution is 6.38. The summed E-state index contributed by atoms with van der Waals surface area (Å²) >= 11 is 12.6. The zero-order valence-corrected chi connectivity index (χ0v) is 18.0. The van der Waals surface area contributed by atoms with E-state index < -0.39 is 11.9 Å². The van der Waals surface area contributed by atoms with Gasteiger partial charge in [0, 0.05) is 32.9 Å². The molecule has 1 aromatic heterocycles. The van der Waals surface area contributed by atoms with Gasteiger partial charge in [-0.15, -0.1) is 0 Å². The molecule has 1 aliphatic rings. The Morgan fingerprint density at radius 2 is 1.90 bits per heavy atom. The molecule has 1 aliphatic carbocycles. The van der Waals surface area contributed by atoms with Gasteiger partial charge in [-0.1, -0.05) is 29.3 Å². The van der Waals surface area contributed by atoms with Crippen LogP contribution in [0.3, 0.4) is 0 Å². The van der Waals surface area contributed by atoms with Crippen molar-refractivity contribution in [3.05, 3.63) is 73.6 Å². The van der Waals surface area contributed by atoms with Crippen LogP contribution in [0.25, 0.3) is 22.6 Å². The van der Waals surface area contributed by atoms with Crippen LogP contribution in [0.15, 0.2) is 45.6 Å². The van der Waals surface area contributed by atoms with Crippen molar-refractivity contribution >= 4 is 63.4 Å². The van der Waals surface area contributed by atoms with Crippen LogP contribution in [0, 0.1) is 0 Å². The molecule has 0 saturated heterocycles. The molecule has 0 unspecified atom stereocenters. The van der Waals surface area contributed by atoms with Gasteiger partial charge >= 0.3 is 11.9 Å². The van der Waals surface area contributed by atoms with E-state index in [1.807, 2.05) is 6.08 Å². The first kappa shape index (κ1) is 21.2. The Kier molecular flexibility index (Phi) is 5.85. The van der Waals surface area contributed by atoms with E-state index >= 15 is 0 Å². The zero-order chi connectivity index (χ0) is 22.1. The minimum atomic E-state index is -0.986. The maximum atomic E-state index is 13.0. The maximum Gasteiger partial charge on any atom is 0.397 e. The topological polar surface area (TPSA) is 85.6 Å². The largest absolute Gasteiger partial charge is 0.459 e. The van der Waals surface area contributed by atoms with Gasteiger partial charge in [-0.25, -0.2) is 4.79 Å². The van der Waals surface area contributed by atoms with Crippen LogP contribution in [0.5, 0.6) is 0 Å². The third-order valence-electron chi connectivity index (χ3n) is 4.96. The number of benzene rings is 2. The summed E-state index contributed by atoms with van der Waals surface area (Å²) in [6.07, 6.45) is 2.99. The molecular formula is C23H17Cl2NO5. The lowest BCUT2D eigenvalue weighted by molar-refractivity contribution is -0.152. The second-order valence-corrected chi connectivity index (χ2v) is 7.74. The molecule has 0 saturated carbocycles. The van der Waals surface area contributed by atoms with Gasteiger partial charge in [-0.3, -0.25) is 9.59 Å². The molecule has 0 aliphatic heterocycles. The minimum Gasteiger partial charge on any atom is -0.459 e. The van der Waals surface area contributed by atoms with Gasteiger partial charge in [0.15, 0.2) is 5.43 Å². The van der Waals surface area contributed by atoms with E-state index in [4.69, 9.17) is 27.6 Å². The molecular weight excluding hydrogens is 441 g/mol. The fourth-order valence-corrected chi connectivity index (χ4v) is 4.01. The summed E-state index contributed by atoms with van der Waals surface area (Å²) in [7, 11) is 0. The van der Waals surface area contributed by atoms with Crippen molar-refractivity contribution in [1.29, 1.82) is 0 Å². The van der Waals surface area contributed by atoms with Gasteiger partial charge in [-0.2, -0.15) is 0 Å². The smallest absolute Gasteiger partial charge is 0.397 e. The minimum absolute atomic E-state index is 0.0928. The van der Waals surface area contributed by atoms with Crippen LogP contribution in [0.4, 0.5) is 5.69 Å². The molecule has 1 amide bonds. The van der Waals surface area contributed by atoms with E-state index in [9.17, 15) is 14.4 Å². The number of rotatable bonds is 3. The van der Waals surface area contributed by atoms with Gasteiger partial charge in [0.2, 0.25) is 0 Å². The third-order valence-corrected chi connectivity index (χ3v) is 5.62. The van der Waals surface area contributed by atoms with Gasteiger partial charge in [0.25, 0.3) is 0 Å². The summed E-state index contributed by atoms with van der Waals surface area (Å²) in [5.41, 5.74) is 2.53. The molecule has 0 fully saturated rings. The molecule has 0 spiro atoms. The number of allylic oxidation sites excluding steroid dienone is 1. The van der Waals surface area contributed by atoms with Crippen LogP contribution in [0.2, 0.25) is 10.0 Å². The van der Waals surface area contributed by atoms with E-state index in [1.54, 1.807) is 31.2 Å². The van der Waals surface area contributed by atoms with Gasteiger partial charge in [-0.05, 0) is 55.7 Å². The van der Waals surface area contributed by atoms with Crippen molar-refractivity contribution in [2.45, 2.75) is 19.8 Å². The van der Waals surface area contributed by atoms with Crippen LogP contribution in [-0.4, -0.2) is 18.5 Å². The van der Waals surface area contributed by atoms with Crippen LogP contribution >= 0.6 is 23.2 Å². The number of halogens is 2. The first-order valence-electron chi connectivity index (χ1n) is 9.61. The van der Waals surface area contributed by atoms with Crippen LogP contribution in [0.1, 0.15) is 30.2 Å². The van der Waals surface area contributed by atoms with Gasteiger partial charge < -0.3 is 14.5 Å². The van der Waals surface area contributed by atoms with E-state index in [1.165, 1.54) is 12.1 Å². The Morgan fingerprint density at radius 3 is 2.61 bits per heavy atom. The maximum absolute atomic E-state index is 13.0. The number of nitrogens with one attached hydrogen (secondary N) is 1. The van der Waals surface area contributed by atoms with E-state index in [0.29, 0.717) is 56.4 Å². The lowest BCUT2D eigenvalue weighted by Gasteiger charge is -2.08. The van der Waals surface area contributed by atoms with Gasteiger partial charge in [0.1, 0.15) is 11.3 Å². The summed E-state index contributed by atoms with van der Waals surface area (Å²) in [5.74, 6) is -1.42. The number of carbonyl (C=O) groups excluding carboxylic acids is 2. The number of ether oxygens (including phenoxy) is 1. The van der Waals surface area contributed by atoms with Crippen LogP contribution in [-0.2, 0) is 20.7 Å². The quantitative estimate of drug-likeness (QED) is 0.437. The average molecular weight is 458 g/mol. The fourth-order valence-electron chi connectivity index (χ4n) is 3.51. The molecule has 4 rings (SSSR count). The molecule has 0 bridgehead atoms. The van der Waals surface area contributed by atoms with Gasteiger partial charge in [0.05, 0.1) is 12.0 Å². The highest BCUT2D eigenvalue weighted by Gasteiger charge is 2.25. The molecule has 2 aromatic carbocycles. The molecule has 0 radical (unpaired) electrons. The lowest BCUT2D eigenvalue weighted by Crippen LogP contribution is -2.25. The lowest BCUT2D eigenvalue weighted by atomic mass is 10.1. The summed E-state index contributed by atoms with van der Waals surface area (Å²) in [4.78, 5) is 36.4. The monoisotopic (exact) mass is 457 g/mol. The summed E-state index contributed by atoms with van der Waals surface area (Å²) in [5, 5.41) is 3.84. The standard InChI is InChI=1S/C23H17Cl2NO5/c1-2-30-23(29)22(28)26-13-7-9-14-19(11-13)31-21-12(6-8-15(21)20(14)27)10-16-17(24)4-3-5-18(16)25/h3-5,7,9-11H,2,6,8H2,1H3,(H,26,28). The Morgan fingerprint density at radius 1 is 1.16 bits per heavy atom. The SMILES string of the molecule is CCOC(=O)C(=O)Nc1ccc2c(=O)c3c(oc2c1)C(=Cc1c(Cl)cccc1Cl)CC3. The first-order chi connectivity index (χ1) is 14.9. The molecule has 1 N–H and O–H groups in total. The summed E-state index contributed by atoms with van der Waals surface area (Å²) in [6, 6.07) is 9.85. The molecule has 31 heavy (non-hydrogen) atoms. The number of fused-ring (bicyclic) bond motifs is 2. The normalized spacial score (nSPS) is 14.0. The highest BCUT2D eigenvalue weighted by Crippen LogP contribution is 2.37. The third kappa shape index (κ3) is 4.09. The Bertz CT molecular complexity index is 1290. The molecule has 8 heteroatoms. The number of anilines is 1. The Hall–Kier alpha value is -3.09. The van der Waals surface area contributed by atoms with Crippen molar-refractivity contribution in [3.8, 4) is 0 Å². The fraction of sp³-hybridized carbons (Fsp3) is 0.174. The summed E-state index contributed by atoms with van der Waals surface area (Å²) in [6.45, 7) is 1.70. The number of amides is 1. The Balaban J connectivity index is 1.75. The van der Waals surface area contributed by atoms with Crippen molar-refractivity contribution < 1.29 is 18.7 Å². The number of hydrogen-bond acceptors (Lipinski definition) is 5. The Labute approximate surface area is 187 Å². The number of esters is 1. The number of hydrogen-bond donors (Lipinski definition) is 1. The highest BCUT2D eigenvalue weighted by atomic mass is 35.5. The van der Waals surface area contributed by atoms with Crippen molar-refractivity contribution in [1.82, 2.24) is 0 Å². The predicted octanol–water partition coefficient (Wildman–Crippen LogP) is 5.09. The molecule has 1 heterocycles. The van der Waals surface area contributed by atoms with Crippen molar-refractivity contribution in [2.24, 2.45) is 0 Å². The molecule has 158 valence electrons. The predicted molar refractivity (Wildman–Crippen MR) is 120 cm³/mol. The molecule has 0 atom stereocenters. The zero-order valence-electron chi connectivity index (χ0n) is 16.5. The van der Waals surface area contributed by atoms with E-state index in [0.717, 1.165) is 5.57 Å².